The van der Waals surface area contributed by atoms with Gasteiger partial charge in [-0.3, -0.25) is 9.59 Å². The van der Waals surface area contributed by atoms with Crippen molar-refractivity contribution in [3.05, 3.63) is 70.8 Å². The van der Waals surface area contributed by atoms with Crippen LogP contribution < -0.4 is 10.6 Å². The molecule has 0 saturated carbocycles. The fourth-order valence-corrected chi connectivity index (χ4v) is 4.83. The zero-order valence-corrected chi connectivity index (χ0v) is 25.7. The molecular weight excluding hydrogens is 502 g/mol. The Morgan fingerprint density at radius 1 is 0.875 bits per heavy atom. The van der Waals surface area contributed by atoms with E-state index in [1.54, 1.807) is 25.7 Å². The highest BCUT2D eigenvalue weighted by molar-refractivity contribution is 5.92. The van der Waals surface area contributed by atoms with Gasteiger partial charge in [-0.1, -0.05) is 74.7 Å². The smallest absolute Gasteiger partial charge is 0.408 e. The largest absolute Gasteiger partial charge is 0.444 e. The Hall–Kier alpha value is -3.35. The van der Waals surface area contributed by atoms with E-state index in [1.165, 1.54) is 0 Å². The van der Waals surface area contributed by atoms with Crippen LogP contribution in [0.1, 0.15) is 95.5 Å². The van der Waals surface area contributed by atoms with E-state index in [2.05, 4.69) is 17.6 Å². The number of rotatable bonds is 13. The fraction of sp³-hybridized carbons (Fsp3) is 0.545. The first-order valence-corrected chi connectivity index (χ1v) is 14.5. The molecule has 0 radical (unpaired) electrons. The number of carbonyl (C=O) groups excluding carboxylic acids is 3. The van der Waals surface area contributed by atoms with Gasteiger partial charge in [-0.05, 0) is 77.1 Å². The third kappa shape index (κ3) is 10.3. The summed E-state index contributed by atoms with van der Waals surface area (Å²) >= 11 is 0. The summed E-state index contributed by atoms with van der Waals surface area (Å²) in [5.74, 6) is -0.537. The third-order valence-corrected chi connectivity index (χ3v) is 6.61. The summed E-state index contributed by atoms with van der Waals surface area (Å²) in [6.45, 7) is 15.7. The molecule has 7 nitrogen and oxygen atoms in total. The topological polar surface area (TPSA) is 87.7 Å². The molecule has 220 valence electrons. The normalized spacial score (nSPS) is 12.9. The van der Waals surface area contributed by atoms with Crippen LogP contribution in [0.2, 0.25) is 0 Å². The number of hydrogen-bond donors (Lipinski definition) is 2. The third-order valence-electron chi connectivity index (χ3n) is 6.61. The minimum absolute atomic E-state index is 0.101. The highest BCUT2D eigenvalue weighted by atomic mass is 16.6. The van der Waals surface area contributed by atoms with Gasteiger partial charge in [0.1, 0.15) is 17.7 Å². The van der Waals surface area contributed by atoms with E-state index in [-0.39, 0.29) is 24.3 Å². The van der Waals surface area contributed by atoms with Gasteiger partial charge >= 0.3 is 6.09 Å². The lowest BCUT2D eigenvalue weighted by molar-refractivity contribution is -0.142. The molecule has 7 heteroatoms. The summed E-state index contributed by atoms with van der Waals surface area (Å²) in [5.41, 5.74) is 2.88. The van der Waals surface area contributed by atoms with Crippen molar-refractivity contribution >= 4 is 17.9 Å². The molecule has 2 N–H and O–H groups in total. The molecule has 3 amide bonds. The minimum atomic E-state index is -0.915. The standard InChI is InChI=1S/C33H49N3O4/c1-9-10-11-15-21-36(29(30(37)34-23(2)3)28-24(4)17-16-18-25(28)5)31(38)27(22-26-19-13-12-14-20-26)35-32(39)40-33(6,7)8/h12-14,16-20,23,27,29H,9-11,15,21-22H2,1-8H3,(H,34,37)(H,35,39). The summed E-state index contributed by atoms with van der Waals surface area (Å²) in [6, 6.07) is 13.6. The summed E-state index contributed by atoms with van der Waals surface area (Å²) in [4.78, 5) is 43.0. The molecule has 40 heavy (non-hydrogen) atoms. The highest BCUT2D eigenvalue weighted by Crippen LogP contribution is 2.29. The number of alkyl carbamates (subject to hydrolysis) is 1. The molecule has 0 spiro atoms. The van der Waals surface area contributed by atoms with Crippen molar-refractivity contribution in [1.29, 1.82) is 0 Å². The summed E-state index contributed by atoms with van der Waals surface area (Å²) in [7, 11) is 0. The van der Waals surface area contributed by atoms with Crippen LogP contribution in [-0.4, -0.2) is 47.0 Å². The molecule has 0 heterocycles. The zero-order valence-electron chi connectivity index (χ0n) is 25.7. The number of nitrogens with zero attached hydrogens (tertiary/aromatic N) is 1. The van der Waals surface area contributed by atoms with Gasteiger partial charge in [0.25, 0.3) is 0 Å². The molecule has 2 atom stereocenters. The van der Waals surface area contributed by atoms with Crippen LogP contribution in [0.25, 0.3) is 0 Å². The van der Waals surface area contributed by atoms with Crippen molar-refractivity contribution in [1.82, 2.24) is 15.5 Å². The first-order chi connectivity index (χ1) is 18.8. The van der Waals surface area contributed by atoms with Crippen molar-refractivity contribution in [3.63, 3.8) is 0 Å². The van der Waals surface area contributed by atoms with E-state index in [0.717, 1.165) is 47.9 Å². The van der Waals surface area contributed by atoms with Crippen LogP contribution in [0.3, 0.4) is 0 Å². The van der Waals surface area contributed by atoms with E-state index in [1.807, 2.05) is 76.2 Å². The average Bonchev–Trinajstić information content (AvgIpc) is 2.85. The van der Waals surface area contributed by atoms with Crippen molar-refractivity contribution in [3.8, 4) is 0 Å². The summed E-state index contributed by atoms with van der Waals surface area (Å²) in [6.07, 6.45) is 3.39. The maximum atomic E-state index is 14.5. The van der Waals surface area contributed by atoms with Gasteiger partial charge in [-0.2, -0.15) is 0 Å². The van der Waals surface area contributed by atoms with E-state index in [9.17, 15) is 14.4 Å². The fourth-order valence-electron chi connectivity index (χ4n) is 4.83. The Labute approximate surface area is 241 Å². The Morgan fingerprint density at radius 3 is 2.05 bits per heavy atom. The van der Waals surface area contributed by atoms with Gasteiger partial charge in [0.2, 0.25) is 11.8 Å². The lowest BCUT2D eigenvalue weighted by atomic mass is 9.92. The Kier molecular flexibility index (Phi) is 12.7. The van der Waals surface area contributed by atoms with Crippen molar-refractivity contribution in [2.45, 2.75) is 111 Å². The second kappa shape index (κ2) is 15.4. The molecule has 0 bridgehead atoms. The molecule has 2 aromatic carbocycles. The molecule has 0 aliphatic carbocycles. The lowest BCUT2D eigenvalue weighted by Crippen LogP contribution is -2.54. The number of aryl methyl sites for hydroxylation is 2. The maximum Gasteiger partial charge on any atom is 0.408 e. The number of benzene rings is 2. The Bertz CT molecular complexity index is 1090. The number of carbonyl (C=O) groups is 3. The van der Waals surface area contributed by atoms with Gasteiger partial charge in [-0.15, -0.1) is 0 Å². The first-order valence-electron chi connectivity index (χ1n) is 14.5. The molecule has 0 aliphatic heterocycles. The van der Waals surface area contributed by atoms with E-state index in [4.69, 9.17) is 4.74 Å². The van der Waals surface area contributed by atoms with Crippen LogP contribution in [0.5, 0.6) is 0 Å². The van der Waals surface area contributed by atoms with E-state index >= 15 is 0 Å². The number of ether oxygens (including phenoxy) is 1. The molecule has 0 fully saturated rings. The van der Waals surface area contributed by atoms with Gasteiger partial charge in [0, 0.05) is 19.0 Å². The van der Waals surface area contributed by atoms with E-state index in [0.29, 0.717) is 6.54 Å². The molecule has 0 saturated heterocycles. The second-order valence-corrected chi connectivity index (χ2v) is 11.9. The second-order valence-electron chi connectivity index (χ2n) is 11.9. The highest BCUT2D eigenvalue weighted by Gasteiger charge is 2.37. The number of unbranched alkanes of at least 4 members (excludes halogenated alkanes) is 3. The molecule has 0 aromatic heterocycles. The van der Waals surface area contributed by atoms with Crippen LogP contribution in [0.15, 0.2) is 48.5 Å². The molecule has 2 unspecified atom stereocenters. The monoisotopic (exact) mass is 551 g/mol. The number of nitrogens with one attached hydrogen (secondary N) is 2. The summed E-state index contributed by atoms with van der Waals surface area (Å²) in [5, 5.41) is 5.88. The minimum Gasteiger partial charge on any atom is -0.444 e. The van der Waals surface area contributed by atoms with Crippen LogP contribution >= 0.6 is 0 Å². The number of hydrogen-bond acceptors (Lipinski definition) is 4. The SMILES string of the molecule is CCCCCCN(C(=O)C(Cc1ccccc1)NC(=O)OC(C)(C)C)C(C(=O)NC(C)C)c1c(C)cccc1C. The summed E-state index contributed by atoms with van der Waals surface area (Å²) < 4.78 is 5.53. The molecule has 2 aromatic rings. The van der Waals surface area contributed by atoms with E-state index < -0.39 is 23.8 Å². The predicted octanol–water partition coefficient (Wildman–Crippen LogP) is 6.41. The van der Waals surface area contributed by atoms with Crippen LogP contribution in [0, 0.1) is 13.8 Å². The van der Waals surface area contributed by atoms with Crippen LogP contribution in [-0.2, 0) is 20.7 Å². The Morgan fingerprint density at radius 2 is 1.50 bits per heavy atom. The van der Waals surface area contributed by atoms with Gasteiger partial charge < -0.3 is 20.3 Å². The lowest BCUT2D eigenvalue weighted by Gasteiger charge is -2.36. The van der Waals surface area contributed by atoms with Crippen molar-refractivity contribution < 1.29 is 19.1 Å². The molecule has 0 aliphatic rings. The zero-order chi connectivity index (χ0) is 29.9. The molecular formula is C33H49N3O4. The van der Waals surface area contributed by atoms with Gasteiger partial charge in [-0.25, -0.2) is 4.79 Å². The molecule has 2 rings (SSSR count). The first kappa shape index (κ1) is 32.9. The van der Waals surface area contributed by atoms with Crippen molar-refractivity contribution in [2.75, 3.05) is 6.54 Å². The quantitative estimate of drug-likeness (QED) is 0.282. The maximum absolute atomic E-state index is 14.5. The Balaban J connectivity index is 2.60. The van der Waals surface area contributed by atoms with Crippen LogP contribution in [0.4, 0.5) is 4.79 Å². The predicted molar refractivity (Wildman–Crippen MR) is 161 cm³/mol. The average molecular weight is 552 g/mol. The van der Waals surface area contributed by atoms with Crippen molar-refractivity contribution in [2.24, 2.45) is 0 Å². The number of amides is 3. The van der Waals surface area contributed by atoms with Gasteiger partial charge in [0.15, 0.2) is 0 Å². The van der Waals surface area contributed by atoms with Gasteiger partial charge in [0.05, 0.1) is 0 Å².